The lowest BCUT2D eigenvalue weighted by molar-refractivity contribution is -0.137. The minimum atomic E-state index is -4.55. The van der Waals surface area contributed by atoms with E-state index in [0.29, 0.717) is 0 Å². The summed E-state index contributed by atoms with van der Waals surface area (Å²) in [7, 11) is 1.52. The van der Waals surface area contributed by atoms with Crippen LogP contribution in [0.5, 0.6) is 5.88 Å². The molecular formula is C18H15ClF3N5O2. The lowest BCUT2D eigenvalue weighted by Gasteiger charge is -2.16. The van der Waals surface area contributed by atoms with Crippen molar-refractivity contribution < 1.29 is 22.7 Å². The van der Waals surface area contributed by atoms with E-state index in [9.17, 15) is 18.0 Å². The molecule has 3 aromatic rings. The Morgan fingerprint density at radius 3 is 2.62 bits per heavy atom. The molecule has 1 atom stereocenters. The SMILES string of the molecule is C[C@H](Oc1ncc(Cl)cc1C(N)=O)c1nnc(-c2ccccc2C(F)(F)F)n1C. The maximum atomic E-state index is 13.3. The molecule has 0 aliphatic rings. The van der Waals surface area contributed by atoms with E-state index in [1.54, 1.807) is 6.92 Å². The molecule has 3 rings (SSSR count). The number of rotatable bonds is 5. The van der Waals surface area contributed by atoms with Crippen molar-refractivity contribution in [3.8, 4) is 17.3 Å². The molecule has 2 heterocycles. The largest absolute Gasteiger partial charge is 0.466 e. The van der Waals surface area contributed by atoms with Gasteiger partial charge in [-0.05, 0) is 19.1 Å². The van der Waals surface area contributed by atoms with Crippen LogP contribution in [0.15, 0.2) is 36.5 Å². The van der Waals surface area contributed by atoms with E-state index in [-0.39, 0.29) is 33.7 Å². The van der Waals surface area contributed by atoms with E-state index < -0.39 is 23.8 Å². The first kappa shape index (κ1) is 20.6. The number of hydrogen-bond acceptors (Lipinski definition) is 5. The Morgan fingerprint density at radius 2 is 1.97 bits per heavy atom. The summed E-state index contributed by atoms with van der Waals surface area (Å²) in [6, 6.07) is 6.37. The fraction of sp³-hybridized carbons (Fsp3) is 0.222. The van der Waals surface area contributed by atoms with Crippen LogP contribution in [-0.4, -0.2) is 25.7 Å². The Morgan fingerprint density at radius 1 is 1.28 bits per heavy atom. The summed E-state index contributed by atoms with van der Waals surface area (Å²) in [4.78, 5) is 15.5. The van der Waals surface area contributed by atoms with Crippen LogP contribution < -0.4 is 10.5 Å². The fourth-order valence-corrected chi connectivity index (χ4v) is 2.93. The van der Waals surface area contributed by atoms with Gasteiger partial charge in [-0.15, -0.1) is 10.2 Å². The van der Waals surface area contributed by atoms with Gasteiger partial charge in [0.15, 0.2) is 17.8 Å². The highest BCUT2D eigenvalue weighted by Gasteiger charge is 2.35. The van der Waals surface area contributed by atoms with Gasteiger partial charge in [0.1, 0.15) is 5.56 Å². The van der Waals surface area contributed by atoms with Gasteiger partial charge < -0.3 is 15.0 Å². The van der Waals surface area contributed by atoms with Crippen LogP contribution in [0, 0.1) is 0 Å². The number of carbonyl (C=O) groups excluding carboxylic acids is 1. The second kappa shape index (κ2) is 7.70. The Bertz CT molecular complexity index is 1070. The normalized spacial score (nSPS) is 12.6. The van der Waals surface area contributed by atoms with E-state index >= 15 is 0 Å². The number of hydrogen-bond donors (Lipinski definition) is 1. The molecule has 0 fully saturated rings. The number of alkyl halides is 3. The topological polar surface area (TPSA) is 95.9 Å². The molecule has 0 unspecified atom stereocenters. The van der Waals surface area contributed by atoms with Gasteiger partial charge in [-0.1, -0.05) is 29.8 Å². The fourth-order valence-electron chi connectivity index (χ4n) is 2.77. The molecule has 152 valence electrons. The van der Waals surface area contributed by atoms with E-state index in [4.69, 9.17) is 22.1 Å². The lowest BCUT2D eigenvalue weighted by Crippen LogP contribution is -2.17. The summed E-state index contributed by atoms with van der Waals surface area (Å²) in [6.07, 6.45) is -4.07. The molecule has 2 aromatic heterocycles. The van der Waals surface area contributed by atoms with Crippen molar-refractivity contribution in [1.82, 2.24) is 19.7 Å². The molecule has 1 aromatic carbocycles. The zero-order valence-corrected chi connectivity index (χ0v) is 16.0. The first-order valence-electron chi connectivity index (χ1n) is 8.27. The third-order valence-electron chi connectivity index (χ3n) is 4.12. The van der Waals surface area contributed by atoms with Gasteiger partial charge in [-0.25, -0.2) is 4.98 Å². The van der Waals surface area contributed by atoms with Crippen molar-refractivity contribution in [2.24, 2.45) is 12.8 Å². The maximum Gasteiger partial charge on any atom is 0.417 e. The van der Waals surface area contributed by atoms with Crippen LogP contribution >= 0.6 is 11.6 Å². The number of halogens is 4. The van der Waals surface area contributed by atoms with Gasteiger partial charge in [-0.3, -0.25) is 4.79 Å². The first-order chi connectivity index (χ1) is 13.6. The quantitative estimate of drug-likeness (QED) is 0.671. The number of amides is 1. The van der Waals surface area contributed by atoms with Gasteiger partial charge >= 0.3 is 6.18 Å². The highest BCUT2D eigenvalue weighted by molar-refractivity contribution is 6.30. The Hall–Kier alpha value is -3.14. The Labute approximate surface area is 168 Å². The van der Waals surface area contributed by atoms with Crippen molar-refractivity contribution in [3.63, 3.8) is 0 Å². The summed E-state index contributed by atoms with van der Waals surface area (Å²) >= 11 is 5.82. The molecule has 1 amide bonds. The molecule has 7 nitrogen and oxygen atoms in total. The number of benzene rings is 1. The van der Waals surface area contributed by atoms with E-state index in [1.165, 1.54) is 42.1 Å². The minimum Gasteiger partial charge on any atom is -0.466 e. The smallest absolute Gasteiger partial charge is 0.417 e. The predicted octanol–water partition coefficient (Wildman–Crippen LogP) is 3.79. The van der Waals surface area contributed by atoms with Crippen molar-refractivity contribution in [3.05, 3.63) is 58.5 Å². The highest BCUT2D eigenvalue weighted by atomic mass is 35.5. The van der Waals surface area contributed by atoms with Crippen LogP contribution in [0.3, 0.4) is 0 Å². The molecule has 29 heavy (non-hydrogen) atoms. The molecule has 0 radical (unpaired) electrons. The number of aromatic nitrogens is 4. The molecule has 0 saturated carbocycles. The van der Waals surface area contributed by atoms with Crippen LogP contribution in [0.2, 0.25) is 5.02 Å². The average molecular weight is 426 g/mol. The van der Waals surface area contributed by atoms with Crippen molar-refractivity contribution in [2.75, 3.05) is 0 Å². The van der Waals surface area contributed by atoms with E-state index in [1.807, 2.05) is 0 Å². The maximum absolute atomic E-state index is 13.3. The van der Waals surface area contributed by atoms with E-state index in [2.05, 4.69) is 15.2 Å². The zero-order valence-electron chi connectivity index (χ0n) is 15.2. The second-order valence-corrected chi connectivity index (χ2v) is 6.55. The van der Waals surface area contributed by atoms with Gasteiger partial charge in [0, 0.05) is 18.8 Å². The van der Waals surface area contributed by atoms with Crippen LogP contribution in [0.25, 0.3) is 11.4 Å². The van der Waals surface area contributed by atoms with Crippen LogP contribution in [0.4, 0.5) is 13.2 Å². The molecule has 0 saturated heterocycles. The van der Waals surface area contributed by atoms with Crippen LogP contribution in [-0.2, 0) is 13.2 Å². The third kappa shape index (κ3) is 4.16. The summed E-state index contributed by atoms with van der Waals surface area (Å²) in [5.74, 6) is -0.624. The second-order valence-electron chi connectivity index (χ2n) is 6.11. The molecular weight excluding hydrogens is 411 g/mol. The van der Waals surface area contributed by atoms with Gasteiger partial charge in [-0.2, -0.15) is 13.2 Å². The standard InChI is InChI=1S/C18H15ClF3N5O2/c1-9(29-17-12(14(23)28)7-10(19)8-24-17)15-25-26-16(27(15)2)11-5-3-4-6-13(11)18(20,21)22/h3-9H,1-2H3,(H2,23,28)/t9-/m0/s1. The van der Waals surface area contributed by atoms with Gasteiger partial charge in [0.2, 0.25) is 5.88 Å². The van der Waals surface area contributed by atoms with Crippen LogP contribution in [0.1, 0.15) is 34.8 Å². The van der Waals surface area contributed by atoms with Crippen molar-refractivity contribution in [1.29, 1.82) is 0 Å². The highest BCUT2D eigenvalue weighted by Crippen LogP contribution is 2.36. The third-order valence-corrected chi connectivity index (χ3v) is 4.32. The Balaban J connectivity index is 1.96. The summed E-state index contributed by atoms with van der Waals surface area (Å²) in [6.45, 7) is 1.59. The van der Waals surface area contributed by atoms with Crippen molar-refractivity contribution in [2.45, 2.75) is 19.2 Å². The zero-order chi connectivity index (χ0) is 21.3. The number of primary amides is 1. The monoisotopic (exact) mass is 425 g/mol. The average Bonchev–Trinajstić information content (AvgIpc) is 3.03. The molecule has 11 heteroatoms. The number of nitrogens with two attached hydrogens (primary N) is 1. The molecule has 2 N–H and O–H groups in total. The lowest BCUT2D eigenvalue weighted by atomic mass is 10.1. The number of pyridine rings is 1. The minimum absolute atomic E-state index is 0.0163. The van der Waals surface area contributed by atoms with E-state index in [0.717, 1.165) is 6.07 Å². The number of ether oxygens (including phenoxy) is 1. The Kier molecular flexibility index (Phi) is 5.47. The number of nitrogens with zero attached hydrogens (tertiary/aromatic N) is 4. The first-order valence-corrected chi connectivity index (χ1v) is 8.65. The summed E-state index contributed by atoms with van der Waals surface area (Å²) in [5, 5.41) is 8.05. The summed E-state index contributed by atoms with van der Waals surface area (Å²) < 4.78 is 47.0. The molecule has 0 bridgehead atoms. The predicted molar refractivity (Wildman–Crippen MR) is 98.2 cm³/mol. The molecule has 0 aliphatic carbocycles. The van der Waals surface area contributed by atoms with Gasteiger partial charge in [0.05, 0.1) is 10.6 Å². The van der Waals surface area contributed by atoms with Gasteiger partial charge in [0.25, 0.3) is 5.91 Å². The molecule has 0 aliphatic heterocycles. The molecule has 0 spiro atoms. The van der Waals surface area contributed by atoms with Crippen molar-refractivity contribution >= 4 is 17.5 Å². The summed E-state index contributed by atoms with van der Waals surface area (Å²) in [5.41, 5.74) is 4.33. The number of carbonyl (C=O) groups is 1.